The van der Waals surface area contributed by atoms with Crippen LogP contribution in [-0.4, -0.2) is 24.6 Å². The highest BCUT2D eigenvalue weighted by atomic mass is 79.9. The number of carbonyl (C=O) groups is 1. The van der Waals surface area contributed by atoms with Gasteiger partial charge in [0.1, 0.15) is 9.97 Å². The topological polar surface area (TPSA) is 114 Å². The molecule has 2 amide bonds. The van der Waals surface area contributed by atoms with Crippen molar-refractivity contribution in [3.63, 3.8) is 0 Å². The number of halogens is 1. The van der Waals surface area contributed by atoms with E-state index in [1.54, 1.807) is 0 Å². The summed E-state index contributed by atoms with van der Waals surface area (Å²) in [4.78, 5) is 16.0. The first-order valence-electron chi connectivity index (χ1n) is 8.15. The van der Waals surface area contributed by atoms with Crippen LogP contribution in [0.2, 0.25) is 0 Å². The number of nitrogens with one attached hydrogen (secondary N) is 2. The molecular weight excluding hydrogens is 500 g/mol. The Balaban J connectivity index is 1.60. The second kappa shape index (κ2) is 7.52. The molecule has 0 bridgehead atoms. The quantitative estimate of drug-likeness (QED) is 0.401. The van der Waals surface area contributed by atoms with Gasteiger partial charge in [-0.25, -0.2) is 22.9 Å². The zero-order valence-electron chi connectivity index (χ0n) is 15.0. The van der Waals surface area contributed by atoms with Crippen LogP contribution in [0.4, 0.5) is 9.93 Å². The largest absolute Gasteiger partial charge is 0.361 e. The van der Waals surface area contributed by atoms with Gasteiger partial charge in [-0.15, -0.1) is 11.3 Å². The van der Waals surface area contributed by atoms with Crippen LogP contribution in [0.3, 0.4) is 0 Å². The van der Waals surface area contributed by atoms with Gasteiger partial charge in [0.2, 0.25) is 0 Å². The molecule has 2 N–H and O–H groups in total. The third-order valence-electron chi connectivity index (χ3n) is 4.01. The van der Waals surface area contributed by atoms with Gasteiger partial charge < -0.3 is 4.52 Å². The number of hydrogen-bond donors (Lipinski definition) is 2. The minimum Gasteiger partial charge on any atom is -0.361 e. The summed E-state index contributed by atoms with van der Waals surface area (Å²) in [7, 11) is -4.03. The van der Waals surface area contributed by atoms with Gasteiger partial charge in [0.05, 0.1) is 15.7 Å². The highest BCUT2D eigenvalue weighted by Crippen LogP contribution is 2.34. The van der Waals surface area contributed by atoms with Crippen LogP contribution in [0.15, 0.2) is 43.0 Å². The zero-order chi connectivity index (χ0) is 20.8. The Morgan fingerprint density at radius 3 is 2.66 bits per heavy atom. The number of fused-ring (bicyclic) bond motifs is 1. The molecule has 0 saturated carbocycles. The van der Waals surface area contributed by atoms with Crippen LogP contribution in [0.1, 0.15) is 11.5 Å². The molecule has 0 atom stereocenters. The number of sulfonamides is 1. The van der Waals surface area contributed by atoms with E-state index in [1.165, 1.54) is 23.6 Å². The molecule has 0 spiro atoms. The molecule has 3 aromatic heterocycles. The molecule has 0 radical (unpaired) electrons. The smallest absolute Gasteiger partial charge is 0.334 e. The molecule has 4 rings (SSSR count). The Kier molecular flexibility index (Phi) is 5.19. The Labute approximate surface area is 182 Å². The van der Waals surface area contributed by atoms with Crippen LogP contribution < -0.4 is 10.0 Å². The first-order valence-corrected chi connectivity index (χ1v) is 12.1. The molecule has 4 aromatic rings. The van der Waals surface area contributed by atoms with E-state index in [0.717, 1.165) is 38.2 Å². The van der Waals surface area contributed by atoms with Crippen molar-refractivity contribution in [2.24, 2.45) is 0 Å². The number of amides is 2. The number of aromatic nitrogens is 2. The standard InChI is InChI=1S/C17H13BrN4O4S3/c1-8-15(9(2)26-21-8)10-3-4-12-11(5-10)6-14(27-12)29(24,25)22-16(23)20-17-19-7-13(18)28-17/h3-7H,1-2H3,(H2,19,20,22,23). The fourth-order valence-corrected chi connectivity index (χ4v) is 6.20. The summed E-state index contributed by atoms with van der Waals surface area (Å²) in [5, 5.41) is 7.38. The maximum absolute atomic E-state index is 12.6. The average molecular weight is 513 g/mol. The third kappa shape index (κ3) is 4.06. The average Bonchev–Trinajstić information content (AvgIpc) is 3.33. The van der Waals surface area contributed by atoms with Crippen molar-refractivity contribution in [2.45, 2.75) is 18.1 Å². The summed E-state index contributed by atoms with van der Waals surface area (Å²) in [5.74, 6) is 0.692. The number of hydrogen-bond acceptors (Lipinski definition) is 8. The van der Waals surface area contributed by atoms with Gasteiger partial charge in [0.15, 0.2) is 5.13 Å². The Morgan fingerprint density at radius 1 is 1.21 bits per heavy atom. The lowest BCUT2D eigenvalue weighted by Crippen LogP contribution is -2.33. The highest BCUT2D eigenvalue weighted by Gasteiger charge is 2.22. The van der Waals surface area contributed by atoms with Crippen LogP contribution in [-0.2, 0) is 10.0 Å². The number of urea groups is 1. The first kappa shape index (κ1) is 20.0. The summed E-state index contributed by atoms with van der Waals surface area (Å²) in [5.41, 5.74) is 2.53. The zero-order valence-corrected chi connectivity index (χ0v) is 19.1. The molecule has 0 aliphatic carbocycles. The Morgan fingerprint density at radius 2 is 2.00 bits per heavy atom. The number of aryl methyl sites for hydroxylation is 2. The van der Waals surface area contributed by atoms with Crippen molar-refractivity contribution >= 4 is 69.9 Å². The van der Waals surface area contributed by atoms with Gasteiger partial charge in [-0.1, -0.05) is 22.6 Å². The van der Waals surface area contributed by atoms with Gasteiger partial charge in [0.25, 0.3) is 10.0 Å². The SMILES string of the molecule is Cc1noc(C)c1-c1ccc2sc(S(=O)(=O)NC(=O)Nc3ncc(Br)s3)cc2c1. The van der Waals surface area contributed by atoms with E-state index < -0.39 is 16.1 Å². The van der Waals surface area contributed by atoms with E-state index in [-0.39, 0.29) is 9.34 Å². The number of rotatable bonds is 4. The van der Waals surface area contributed by atoms with Crippen LogP contribution in [0.25, 0.3) is 21.2 Å². The highest BCUT2D eigenvalue weighted by molar-refractivity contribution is 9.11. The molecule has 0 unspecified atom stereocenters. The van der Waals surface area contributed by atoms with Crippen LogP contribution in [0, 0.1) is 13.8 Å². The molecule has 29 heavy (non-hydrogen) atoms. The van der Waals surface area contributed by atoms with Gasteiger partial charge in [-0.05, 0) is 58.9 Å². The lowest BCUT2D eigenvalue weighted by atomic mass is 10.0. The van der Waals surface area contributed by atoms with Gasteiger partial charge in [-0.3, -0.25) is 5.32 Å². The molecular formula is C17H13BrN4O4S3. The summed E-state index contributed by atoms with van der Waals surface area (Å²) in [6, 6.07) is 6.28. The lowest BCUT2D eigenvalue weighted by molar-refractivity contribution is 0.256. The number of benzene rings is 1. The molecule has 12 heteroatoms. The second-order valence-electron chi connectivity index (χ2n) is 6.05. The fraction of sp³-hybridized carbons (Fsp3) is 0.118. The molecule has 0 aliphatic rings. The van der Waals surface area contributed by atoms with Crippen molar-refractivity contribution in [2.75, 3.05) is 5.32 Å². The van der Waals surface area contributed by atoms with Gasteiger partial charge in [-0.2, -0.15) is 0 Å². The van der Waals surface area contributed by atoms with E-state index in [4.69, 9.17) is 4.52 Å². The van der Waals surface area contributed by atoms with Crippen LogP contribution >= 0.6 is 38.6 Å². The van der Waals surface area contributed by atoms with E-state index in [0.29, 0.717) is 9.55 Å². The second-order valence-corrected chi connectivity index (χ2v) is 11.4. The Bertz CT molecular complexity index is 1320. The number of carbonyl (C=O) groups excluding carboxylic acids is 1. The minimum absolute atomic E-state index is 0.0406. The van der Waals surface area contributed by atoms with Crippen molar-refractivity contribution in [1.29, 1.82) is 0 Å². The number of thiophene rings is 1. The van der Waals surface area contributed by atoms with Crippen molar-refractivity contribution in [3.8, 4) is 11.1 Å². The summed E-state index contributed by atoms with van der Waals surface area (Å²) < 4.78 is 34.0. The molecule has 0 saturated heterocycles. The van der Waals surface area contributed by atoms with Crippen molar-refractivity contribution < 1.29 is 17.7 Å². The van der Waals surface area contributed by atoms with Crippen LogP contribution in [0.5, 0.6) is 0 Å². The molecule has 0 fully saturated rings. The van der Waals surface area contributed by atoms with Crippen molar-refractivity contribution in [1.82, 2.24) is 14.9 Å². The molecule has 0 aliphatic heterocycles. The maximum Gasteiger partial charge on any atom is 0.334 e. The fourth-order valence-electron chi connectivity index (χ4n) is 2.81. The van der Waals surface area contributed by atoms with E-state index in [9.17, 15) is 13.2 Å². The monoisotopic (exact) mass is 512 g/mol. The van der Waals surface area contributed by atoms with E-state index in [2.05, 4.69) is 31.4 Å². The van der Waals surface area contributed by atoms with Gasteiger partial charge >= 0.3 is 6.03 Å². The lowest BCUT2D eigenvalue weighted by Gasteiger charge is -2.04. The normalized spacial score (nSPS) is 11.7. The van der Waals surface area contributed by atoms with E-state index in [1.807, 2.05) is 36.8 Å². The summed E-state index contributed by atoms with van der Waals surface area (Å²) in [6.07, 6.45) is 1.51. The summed E-state index contributed by atoms with van der Waals surface area (Å²) in [6.45, 7) is 3.68. The van der Waals surface area contributed by atoms with Crippen molar-refractivity contribution in [3.05, 3.63) is 45.7 Å². The predicted molar refractivity (Wildman–Crippen MR) is 116 cm³/mol. The number of thiazole rings is 1. The number of nitrogens with zero attached hydrogens (tertiary/aromatic N) is 2. The number of anilines is 1. The summed E-state index contributed by atoms with van der Waals surface area (Å²) >= 11 is 5.48. The minimum atomic E-state index is -4.03. The molecule has 8 nitrogen and oxygen atoms in total. The predicted octanol–water partition coefficient (Wildman–Crippen LogP) is 4.90. The van der Waals surface area contributed by atoms with E-state index >= 15 is 0 Å². The maximum atomic E-state index is 12.6. The Hall–Kier alpha value is -2.28. The third-order valence-corrected chi connectivity index (χ3v) is 8.32. The molecule has 150 valence electrons. The molecule has 1 aromatic carbocycles. The molecule has 3 heterocycles. The first-order chi connectivity index (χ1) is 13.7. The van der Waals surface area contributed by atoms with Gasteiger partial charge in [0, 0.05) is 10.3 Å².